The Bertz CT molecular complexity index is 709. The number of aromatic carboxylic acids is 1. The highest BCUT2D eigenvalue weighted by Crippen LogP contribution is 2.35. The third kappa shape index (κ3) is 3.19. The maximum absolute atomic E-state index is 12.6. The topological polar surface area (TPSA) is 37.3 Å². The van der Waals surface area contributed by atoms with E-state index < -0.39 is 17.7 Å². The highest BCUT2D eigenvalue weighted by molar-refractivity contribution is 6.33. The Labute approximate surface area is 123 Å². The molecule has 0 amide bonds. The van der Waals surface area contributed by atoms with Gasteiger partial charge in [0.2, 0.25) is 0 Å². The summed E-state index contributed by atoms with van der Waals surface area (Å²) in [6.45, 7) is 1.52. The lowest BCUT2D eigenvalue weighted by atomic mass is 9.97. The van der Waals surface area contributed by atoms with Crippen molar-refractivity contribution in [3.05, 3.63) is 58.1 Å². The number of alkyl halides is 3. The number of carboxylic acid groups (broad SMARTS) is 1. The van der Waals surface area contributed by atoms with Crippen LogP contribution < -0.4 is 0 Å². The second-order valence-corrected chi connectivity index (χ2v) is 4.93. The normalized spacial score (nSPS) is 11.5. The average Bonchev–Trinajstić information content (AvgIpc) is 2.38. The van der Waals surface area contributed by atoms with E-state index in [9.17, 15) is 18.0 Å². The molecule has 0 atom stereocenters. The molecule has 2 aromatic rings. The first-order chi connectivity index (χ1) is 9.70. The summed E-state index contributed by atoms with van der Waals surface area (Å²) in [6.07, 6.45) is -4.42. The Morgan fingerprint density at radius 3 is 2.29 bits per heavy atom. The fourth-order valence-corrected chi connectivity index (χ4v) is 2.23. The van der Waals surface area contributed by atoms with E-state index in [-0.39, 0.29) is 10.6 Å². The molecular formula is C15H10ClF3O2. The Morgan fingerprint density at radius 1 is 1.10 bits per heavy atom. The molecule has 0 aliphatic carbocycles. The quantitative estimate of drug-likeness (QED) is 0.844. The molecule has 2 rings (SSSR count). The van der Waals surface area contributed by atoms with Crippen molar-refractivity contribution >= 4 is 17.6 Å². The first kappa shape index (κ1) is 15.4. The van der Waals surface area contributed by atoms with Gasteiger partial charge in [-0.2, -0.15) is 13.2 Å². The Kier molecular flexibility index (Phi) is 3.96. The fraction of sp³-hybridized carbons (Fsp3) is 0.133. The van der Waals surface area contributed by atoms with Gasteiger partial charge in [0.15, 0.2) is 0 Å². The molecular weight excluding hydrogens is 305 g/mol. The molecule has 2 aromatic carbocycles. The van der Waals surface area contributed by atoms with E-state index in [2.05, 4.69) is 0 Å². The molecule has 0 saturated carbocycles. The Balaban J connectivity index is 2.57. The zero-order valence-corrected chi connectivity index (χ0v) is 11.6. The van der Waals surface area contributed by atoms with Crippen molar-refractivity contribution in [1.29, 1.82) is 0 Å². The van der Waals surface area contributed by atoms with Crippen molar-refractivity contribution in [3.8, 4) is 11.1 Å². The molecule has 0 fully saturated rings. The molecule has 0 aliphatic heterocycles. The van der Waals surface area contributed by atoms with Gasteiger partial charge in [-0.1, -0.05) is 17.7 Å². The standard InChI is InChI=1S/C15H10ClF3O2/c1-8-6-10(15(17,18)19)3-4-11(8)12-7-9(14(20)21)2-5-13(12)16/h2-7H,1H3,(H,20,21). The molecule has 6 heteroatoms. The monoisotopic (exact) mass is 314 g/mol. The van der Waals surface area contributed by atoms with Gasteiger partial charge in [0.25, 0.3) is 0 Å². The van der Waals surface area contributed by atoms with E-state index in [1.807, 2.05) is 0 Å². The summed E-state index contributed by atoms with van der Waals surface area (Å²) in [7, 11) is 0. The van der Waals surface area contributed by atoms with Crippen LogP contribution in [0.15, 0.2) is 36.4 Å². The summed E-state index contributed by atoms with van der Waals surface area (Å²) in [5.41, 5.74) is 0.496. The predicted molar refractivity (Wildman–Crippen MR) is 73.6 cm³/mol. The van der Waals surface area contributed by atoms with E-state index in [0.29, 0.717) is 16.7 Å². The first-order valence-corrected chi connectivity index (χ1v) is 6.29. The van der Waals surface area contributed by atoms with Crippen LogP contribution in [0.1, 0.15) is 21.5 Å². The summed E-state index contributed by atoms with van der Waals surface area (Å²) in [6, 6.07) is 7.36. The number of hydrogen-bond donors (Lipinski definition) is 1. The highest BCUT2D eigenvalue weighted by atomic mass is 35.5. The van der Waals surface area contributed by atoms with E-state index in [4.69, 9.17) is 16.7 Å². The molecule has 0 spiro atoms. The molecule has 0 saturated heterocycles. The number of carbonyl (C=O) groups is 1. The van der Waals surface area contributed by atoms with Crippen molar-refractivity contribution in [2.24, 2.45) is 0 Å². The van der Waals surface area contributed by atoms with Gasteiger partial charge >= 0.3 is 12.1 Å². The molecule has 0 aliphatic rings. The fourth-order valence-electron chi connectivity index (χ4n) is 2.01. The highest BCUT2D eigenvalue weighted by Gasteiger charge is 2.30. The predicted octanol–water partition coefficient (Wildman–Crippen LogP) is 5.03. The maximum Gasteiger partial charge on any atom is 0.416 e. The second-order valence-electron chi connectivity index (χ2n) is 4.53. The molecule has 0 heterocycles. The summed E-state index contributed by atoms with van der Waals surface area (Å²) in [4.78, 5) is 11.0. The van der Waals surface area contributed by atoms with Crippen LogP contribution in [0.3, 0.4) is 0 Å². The number of rotatable bonds is 2. The minimum absolute atomic E-state index is 0.0219. The van der Waals surface area contributed by atoms with Crippen molar-refractivity contribution in [3.63, 3.8) is 0 Å². The average molecular weight is 315 g/mol. The van der Waals surface area contributed by atoms with Crippen LogP contribution in [0, 0.1) is 6.92 Å². The molecule has 21 heavy (non-hydrogen) atoms. The van der Waals surface area contributed by atoms with Gasteiger partial charge in [-0.15, -0.1) is 0 Å². The molecule has 110 valence electrons. The van der Waals surface area contributed by atoms with Gasteiger partial charge in [0.05, 0.1) is 11.1 Å². The van der Waals surface area contributed by atoms with Crippen LogP contribution in [0.4, 0.5) is 13.2 Å². The van der Waals surface area contributed by atoms with E-state index >= 15 is 0 Å². The summed E-state index contributed by atoms with van der Waals surface area (Å²) in [5.74, 6) is -1.13. The van der Waals surface area contributed by atoms with Gasteiger partial charge in [-0.25, -0.2) is 4.79 Å². The molecule has 2 nitrogen and oxygen atoms in total. The minimum atomic E-state index is -4.42. The summed E-state index contributed by atoms with van der Waals surface area (Å²) < 4.78 is 37.9. The van der Waals surface area contributed by atoms with Crippen molar-refractivity contribution in [2.45, 2.75) is 13.1 Å². The van der Waals surface area contributed by atoms with Crippen LogP contribution in [0.2, 0.25) is 5.02 Å². The smallest absolute Gasteiger partial charge is 0.416 e. The lowest BCUT2D eigenvalue weighted by Gasteiger charge is -2.12. The molecule has 0 unspecified atom stereocenters. The molecule has 1 N–H and O–H groups in total. The van der Waals surface area contributed by atoms with E-state index in [0.717, 1.165) is 12.1 Å². The number of carboxylic acids is 1. The Morgan fingerprint density at radius 2 is 1.76 bits per heavy atom. The van der Waals surface area contributed by atoms with Crippen molar-refractivity contribution < 1.29 is 23.1 Å². The van der Waals surface area contributed by atoms with Crippen LogP contribution in [-0.4, -0.2) is 11.1 Å². The largest absolute Gasteiger partial charge is 0.478 e. The second kappa shape index (κ2) is 5.41. The summed E-state index contributed by atoms with van der Waals surface area (Å²) in [5, 5.41) is 9.26. The van der Waals surface area contributed by atoms with Crippen LogP contribution in [0.25, 0.3) is 11.1 Å². The van der Waals surface area contributed by atoms with Crippen LogP contribution >= 0.6 is 11.6 Å². The third-order valence-corrected chi connectivity index (χ3v) is 3.39. The minimum Gasteiger partial charge on any atom is -0.478 e. The zero-order valence-electron chi connectivity index (χ0n) is 10.8. The first-order valence-electron chi connectivity index (χ1n) is 5.91. The van der Waals surface area contributed by atoms with Gasteiger partial charge in [-0.05, 0) is 48.4 Å². The number of hydrogen-bond acceptors (Lipinski definition) is 1. The van der Waals surface area contributed by atoms with Gasteiger partial charge < -0.3 is 5.11 Å². The third-order valence-electron chi connectivity index (χ3n) is 3.06. The number of benzene rings is 2. The van der Waals surface area contributed by atoms with E-state index in [1.54, 1.807) is 0 Å². The van der Waals surface area contributed by atoms with Crippen LogP contribution in [0.5, 0.6) is 0 Å². The van der Waals surface area contributed by atoms with E-state index in [1.165, 1.54) is 31.2 Å². The zero-order chi connectivity index (χ0) is 15.8. The van der Waals surface area contributed by atoms with Crippen LogP contribution in [-0.2, 0) is 6.18 Å². The lowest BCUT2D eigenvalue weighted by Crippen LogP contribution is -2.05. The molecule has 0 radical (unpaired) electrons. The maximum atomic E-state index is 12.6. The number of aryl methyl sites for hydroxylation is 1. The van der Waals surface area contributed by atoms with Gasteiger partial charge in [0, 0.05) is 10.6 Å². The SMILES string of the molecule is Cc1cc(C(F)(F)F)ccc1-c1cc(C(=O)O)ccc1Cl. The van der Waals surface area contributed by atoms with Gasteiger partial charge in [-0.3, -0.25) is 0 Å². The molecule has 0 aromatic heterocycles. The lowest BCUT2D eigenvalue weighted by molar-refractivity contribution is -0.137. The Hall–Kier alpha value is -2.01. The number of halogens is 4. The van der Waals surface area contributed by atoms with Crippen molar-refractivity contribution in [1.82, 2.24) is 0 Å². The summed E-state index contributed by atoms with van der Waals surface area (Å²) >= 11 is 6.02. The van der Waals surface area contributed by atoms with Crippen molar-refractivity contribution in [2.75, 3.05) is 0 Å². The van der Waals surface area contributed by atoms with Gasteiger partial charge in [0.1, 0.15) is 0 Å². The molecule has 0 bridgehead atoms.